The molecule has 0 amide bonds. The Hall–Kier alpha value is -0.540. The number of halogens is 1. The molecule has 2 nitrogen and oxygen atoms in total. The van der Waals surface area contributed by atoms with E-state index in [1.165, 1.54) is 24.3 Å². The Morgan fingerprint density at radius 1 is 1.38 bits per heavy atom. The predicted molar refractivity (Wildman–Crippen MR) is 72.0 cm³/mol. The van der Waals surface area contributed by atoms with Crippen molar-refractivity contribution < 1.29 is 4.74 Å². The van der Waals surface area contributed by atoms with E-state index in [4.69, 9.17) is 16.3 Å². The van der Waals surface area contributed by atoms with E-state index in [0.29, 0.717) is 11.1 Å². The largest absolute Gasteiger partial charge is 0.493 e. The minimum atomic E-state index is 0.550. The van der Waals surface area contributed by atoms with Gasteiger partial charge in [0.1, 0.15) is 0 Å². The number of benzene rings is 1. The smallest absolute Gasteiger partial charge is 0.160 e. The van der Waals surface area contributed by atoms with Crippen LogP contribution in [-0.2, 0) is 0 Å². The minimum Gasteiger partial charge on any atom is -0.493 e. The van der Waals surface area contributed by atoms with E-state index >= 15 is 0 Å². The lowest BCUT2D eigenvalue weighted by Crippen LogP contribution is -2.24. The van der Waals surface area contributed by atoms with Crippen molar-refractivity contribution in [3.8, 4) is 5.75 Å². The van der Waals surface area contributed by atoms with Crippen molar-refractivity contribution in [2.24, 2.45) is 0 Å². The Bertz CT molecular complexity index is 353. The maximum atomic E-state index is 6.08. The van der Waals surface area contributed by atoms with Gasteiger partial charge in [-0.2, -0.15) is 11.8 Å². The lowest BCUT2D eigenvalue weighted by atomic mass is 10.1. The fourth-order valence-electron chi connectivity index (χ4n) is 1.89. The van der Waals surface area contributed by atoms with Crippen molar-refractivity contribution in [3.63, 3.8) is 0 Å². The Kier molecular flexibility index (Phi) is 4.24. The number of hydrogen-bond donors (Lipinski definition) is 1. The number of anilines is 1. The van der Waals surface area contributed by atoms with Crippen LogP contribution in [0, 0.1) is 0 Å². The molecule has 1 saturated heterocycles. The summed E-state index contributed by atoms with van der Waals surface area (Å²) < 4.78 is 5.32. The Labute approximate surface area is 106 Å². The van der Waals surface area contributed by atoms with Crippen molar-refractivity contribution in [1.82, 2.24) is 0 Å². The zero-order chi connectivity index (χ0) is 11.4. The summed E-state index contributed by atoms with van der Waals surface area (Å²) in [5.41, 5.74) is 1.01. The molecule has 88 valence electrons. The topological polar surface area (TPSA) is 21.3 Å². The second-order valence-corrected chi connectivity index (χ2v) is 5.48. The molecule has 1 aromatic carbocycles. The van der Waals surface area contributed by atoms with E-state index in [0.717, 1.165) is 11.4 Å². The first-order chi connectivity index (χ1) is 7.81. The molecule has 2 rings (SSSR count). The molecule has 0 saturated carbocycles. The lowest BCUT2D eigenvalue weighted by molar-refractivity contribution is 0.416. The summed E-state index contributed by atoms with van der Waals surface area (Å²) in [5.74, 6) is 3.23. The van der Waals surface area contributed by atoms with Gasteiger partial charge in [-0.3, -0.25) is 0 Å². The summed E-state index contributed by atoms with van der Waals surface area (Å²) in [6.07, 6.45) is 2.42. The summed E-state index contributed by atoms with van der Waals surface area (Å²) in [4.78, 5) is 0. The number of nitrogens with one attached hydrogen (secondary N) is 1. The third-order valence-corrected chi connectivity index (χ3v) is 4.10. The van der Waals surface area contributed by atoms with Crippen LogP contribution in [0.2, 0.25) is 5.02 Å². The van der Waals surface area contributed by atoms with Crippen molar-refractivity contribution in [2.75, 3.05) is 23.9 Å². The normalized spacial score (nSPS) is 17.1. The third-order valence-electron chi connectivity index (χ3n) is 2.75. The first kappa shape index (κ1) is 11.9. The highest BCUT2D eigenvalue weighted by molar-refractivity contribution is 7.99. The average molecular weight is 258 g/mol. The summed E-state index contributed by atoms with van der Waals surface area (Å²) in [7, 11) is 1.66. The van der Waals surface area contributed by atoms with Crippen LogP contribution in [0.5, 0.6) is 5.75 Å². The van der Waals surface area contributed by atoms with Crippen molar-refractivity contribution in [2.45, 2.75) is 18.9 Å². The Balaban J connectivity index is 2.10. The Morgan fingerprint density at radius 3 is 2.81 bits per heavy atom. The van der Waals surface area contributed by atoms with Gasteiger partial charge < -0.3 is 10.1 Å². The second kappa shape index (κ2) is 5.69. The molecule has 0 aliphatic carbocycles. The van der Waals surface area contributed by atoms with Gasteiger partial charge in [-0.05, 0) is 36.5 Å². The van der Waals surface area contributed by atoms with Gasteiger partial charge in [-0.1, -0.05) is 17.7 Å². The maximum Gasteiger partial charge on any atom is 0.160 e. The van der Waals surface area contributed by atoms with E-state index in [2.05, 4.69) is 5.32 Å². The number of para-hydroxylation sites is 1. The highest BCUT2D eigenvalue weighted by Crippen LogP contribution is 2.34. The summed E-state index contributed by atoms with van der Waals surface area (Å²) in [6, 6.07) is 6.37. The number of rotatable bonds is 3. The highest BCUT2D eigenvalue weighted by atomic mass is 35.5. The fraction of sp³-hybridized carbons (Fsp3) is 0.500. The fourth-order valence-corrected chi connectivity index (χ4v) is 3.25. The van der Waals surface area contributed by atoms with Gasteiger partial charge in [-0.25, -0.2) is 0 Å². The molecule has 0 radical (unpaired) electrons. The predicted octanol–water partition coefficient (Wildman–Crippen LogP) is 3.66. The summed E-state index contributed by atoms with van der Waals surface area (Å²) >= 11 is 8.10. The van der Waals surface area contributed by atoms with Gasteiger partial charge in [0.25, 0.3) is 0 Å². The minimum absolute atomic E-state index is 0.550. The zero-order valence-electron chi connectivity index (χ0n) is 9.33. The van der Waals surface area contributed by atoms with Gasteiger partial charge in [0.05, 0.1) is 17.8 Å². The molecule has 1 fully saturated rings. The first-order valence-corrected chi connectivity index (χ1v) is 7.01. The molecule has 0 atom stereocenters. The van der Waals surface area contributed by atoms with Crippen LogP contribution in [0.4, 0.5) is 5.69 Å². The first-order valence-electron chi connectivity index (χ1n) is 5.48. The standard InChI is InChI=1S/C12H16ClNOS/c1-15-12-10(13)3-2-4-11(12)14-9-5-7-16-8-6-9/h2-4,9,14H,5-8H2,1H3. The summed E-state index contributed by atoms with van der Waals surface area (Å²) in [6.45, 7) is 0. The monoisotopic (exact) mass is 257 g/mol. The van der Waals surface area contributed by atoms with Crippen molar-refractivity contribution >= 4 is 29.1 Å². The number of ether oxygens (including phenoxy) is 1. The van der Waals surface area contributed by atoms with Gasteiger partial charge in [0.15, 0.2) is 5.75 Å². The lowest BCUT2D eigenvalue weighted by Gasteiger charge is -2.24. The number of thioether (sulfide) groups is 1. The van der Waals surface area contributed by atoms with Crippen molar-refractivity contribution in [3.05, 3.63) is 23.2 Å². The molecule has 0 spiro atoms. The van der Waals surface area contributed by atoms with Gasteiger partial charge >= 0.3 is 0 Å². The molecular formula is C12H16ClNOS. The molecule has 1 aliphatic rings. The molecule has 16 heavy (non-hydrogen) atoms. The highest BCUT2D eigenvalue weighted by Gasteiger charge is 2.15. The number of methoxy groups -OCH3 is 1. The van der Waals surface area contributed by atoms with Gasteiger partial charge in [0.2, 0.25) is 0 Å². The van der Waals surface area contributed by atoms with Crippen molar-refractivity contribution in [1.29, 1.82) is 0 Å². The van der Waals surface area contributed by atoms with E-state index in [9.17, 15) is 0 Å². The molecule has 0 bridgehead atoms. The number of hydrogen-bond acceptors (Lipinski definition) is 3. The molecule has 1 N–H and O–H groups in total. The van der Waals surface area contributed by atoms with Gasteiger partial charge in [0, 0.05) is 6.04 Å². The molecule has 1 heterocycles. The van der Waals surface area contributed by atoms with Crippen LogP contribution in [0.1, 0.15) is 12.8 Å². The van der Waals surface area contributed by atoms with Crippen LogP contribution >= 0.6 is 23.4 Å². The van der Waals surface area contributed by atoms with Crippen LogP contribution in [-0.4, -0.2) is 24.7 Å². The van der Waals surface area contributed by atoms with E-state index < -0.39 is 0 Å². The van der Waals surface area contributed by atoms with Crippen LogP contribution in [0.15, 0.2) is 18.2 Å². The summed E-state index contributed by atoms with van der Waals surface area (Å²) in [5, 5.41) is 4.18. The SMILES string of the molecule is COc1c(Cl)cccc1NC1CCSCC1. The second-order valence-electron chi connectivity index (χ2n) is 3.85. The molecule has 0 aromatic heterocycles. The molecule has 0 unspecified atom stereocenters. The van der Waals surface area contributed by atoms with E-state index in [1.54, 1.807) is 7.11 Å². The molecular weight excluding hydrogens is 242 g/mol. The van der Waals surface area contributed by atoms with E-state index in [1.807, 2.05) is 30.0 Å². The molecule has 1 aliphatic heterocycles. The van der Waals surface area contributed by atoms with Crippen LogP contribution in [0.25, 0.3) is 0 Å². The van der Waals surface area contributed by atoms with Crippen LogP contribution < -0.4 is 10.1 Å². The Morgan fingerprint density at radius 2 is 2.12 bits per heavy atom. The average Bonchev–Trinajstić information content (AvgIpc) is 2.31. The molecule has 4 heteroatoms. The molecule has 1 aromatic rings. The quantitative estimate of drug-likeness (QED) is 0.893. The van der Waals surface area contributed by atoms with Gasteiger partial charge in [-0.15, -0.1) is 0 Å². The van der Waals surface area contributed by atoms with E-state index in [-0.39, 0.29) is 0 Å². The zero-order valence-corrected chi connectivity index (χ0v) is 10.9. The van der Waals surface area contributed by atoms with Crippen LogP contribution in [0.3, 0.4) is 0 Å². The third kappa shape index (κ3) is 2.77. The maximum absolute atomic E-state index is 6.08.